The SMILES string of the molecule is CC1CC(=O)N2CCSC2=N1.Cl. The number of fused-ring (bicyclic) bond motifs is 1. The van der Waals surface area contributed by atoms with Crippen molar-refractivity contribution in [2.75, 3.05) is 12.3 Å². The summed E-state index contributed by atoms with van der Waals surface area (Å²) in [5.41, 5.74) is 0. The molecule has 0 saturated carbocycles. The highest BCUT2D eigenvalue weighted by Gasteiger charge is 2.30. The second-order valence-corrected chi connectivity index (χ2v) is 3.92. The van der Waals surface area contributed by atoms with Crippen molar-refractivity contribution in [1.29, 1.82) is 0 Å². The van der Waals surface area contributed by atoms with Gasteiger partial charge in [-0.25, -0.2) is 0 Å². The topological polar surface area (TPSA) is 32.7 Å². The lowest BCUT2D eigenvalue weighted by Crippen LogP contribution is -2.37. The Labute approximate surface area is 82.0 Å². The number of aliphatic imine (C=N–C) groups is 1. The van der Waals surface area contributed by atoms with E-state index in [0.717, 1.165) is 17.5 Å². The molecule has 3 nitrogen and oxygen atoms in total. The highest BCUT2D eigenvalue weighted by atomic mass is 35.5. The van der Waals surface area contributed by atoms with Gasteiger partial charge in [0.2, 0.25) is 5.91 Å². The molecule has 0 bridgehead atoms. The number of carbonyl (C=O) groups excluding carboxylic acids is 1. The normalized spacial score (nSPS) is 27.8. The van der Waals surface area contributed by atoms with Gasteiger partial charge in [0.1, 0.15) is 0 Å². The number of rotatable bonds is 0. The van der Waals surface area contributed by atoms with Crippen molar-refractivity contribution in [1.82, 2.24) is 4.90 Å². The Kier molecular flexibility index (Phi) is 3.01. The number of nitrogens with zero attached hydrogens (tertiary/aromatic N) is 2. The fourth-order valence-corrected chi connectivity index (χ4v) is 2.40. The van der Waals surface area contributed by atoms with Gasteiger partial charge in [-0.15, -0.1) is 12.4 Å². The molecular formula is C7H11ClN2OS. The third-order valence-electron chi connectivity index (χ3n) is 1.88. The van der Waals surface area contributed by atoms with Crippen LogP contribution in [-0.2, 0) is 4.79 Å². The molecule has 2 rings (SSSR count). The first-order valence-corrected chi connectivity index (χ1v) is 4.77. The number of amidine groups is 1. The lowest BCUT2D eigenvalue weighted by Gasteiger charge is -2.22. The van der Waals surface area contributed by atoms with E-state index in [1.165, 1.54) is 0 Å². The van der Waals surface area contributed by atoms with Crippen LogP contribution >= 0.6 is 24.2 Å². The second-order valence-electron chi connectivity index (χ2n) is 2.86. The molecule has 0 N–H and O–H groups in total. The van der Waals surface area contributed by atoms with Gasteiger partial charge in [0, 0.05) is 18.7 Å². The molecule has 1 fully saturated rings. The Bertz CT molecular complexity index is 231. The fraction of sp³-hybridized carbons (Fsp3) is 0.714. The zero-order chi connectivity index (χ0) is 7.84. The second kappa shape index (κ2) is 3.66. The molecule has 0 spiro atoms. The Hall–Kier alpha value is -0.220. The van der Waals surface area contributed by atoms with Gasteiger partial charge >= 0.3 is 0 Å². The van der Waals surface area contributed by atoms with E-state index in [4.69, 9.17) is 0 Å². The lowest BCUT2D eigenvalue weighted by atomic mass is 10.2. The predicted molar refractivity (Wildman–Crippen MR) is 52.9 cm³/mol. The summed E-state index contributed by atoms with van der Waals surface area (Å²) in [7, 11) is 0. The smallest absolute Gasteiger partial charge is 0.230 e. The number of carbonyl (C=O) groups is 1. The third kappa shape index (κ3) is 1.59. The highest BCUT2D eigenvalue weighted by Crippen LogP contribution is 2.24. The molecule has 2 aliphatic rings. The van der Waals surface area contributed by atoms with Crippen molar-refractivity contribution in [3.8, 4) is 0 Å². The van der Waals surface area contributed by atoms with E-state index >= 15 is 0 Å². The highest BCUT2D eigenvalue weighted by molar-refractivity contribution is 8.14. The molecule has 0 aromatic heterocycles. The average molecular weight is 207 g/mol. The van der Waals surface area contributed by atoms with Crippen LogP contribution in [0.1, 0.15) is 13.3 Å². The van der Waals surface area contributed by atoms with E-state index in [1.54, 1.807) is 16.7 Å². The zero-order valence-electron chi connectivity index (χ0n) is 6.82. The molecule has 2 heterocycles. The average Bonchev–Trinajstić information content (AvgIpc) is 2.34. The maximum atomic E-state index is 11.3. The molecule has 1 unspecified atom stereocenters. The molecule has 68 valence electrons. The number of halogens is 1. The van der Waals surface area contributed by atoms with Gasteiger partial charge in [0.15, 0.2) is 5.17 Å². The van der Waals surface area contributed by atoms with Crippen LogP contribution in [0, 0.1) is 0 Å². The predicted octanol–water partition coefficient (Wildman–Crippen LogP) is 1.13. The summed E-state index contributed by atoms with van der Waals surface area (Å²) in [6, 6.07) is 0.194. The van der Waals surface area contributed by atoms with E-state index in [0.29, 0.717) is 6.42 Å². The van der Waals surface area contributed by atoms with Crippen LogP contribution < -0.4 is 0 Å². The molecule has 1 amide bonds. The molecule has 0 aromatic carbocycles. The molecule has 12 heavy (non-hydrogen) atoms. The van der Waals surface area contributed by atoms with Gasteiger partial charge in [-0.1, -0.05) is 11.8 Å². The monoisotopic (exact) mass is 206 g/mol. The quantitative estimate of drug-likeness (QED) is 0.596. The van der Waals surface area contributed by atoms with Crippen molar-refractivity contribution >= 4 is 35.2 Å². The summed E-state index contributed by atoms with van der Waals surface area (Å²) >= 11 is 1.69. The standard InChI is InChI=1S/C7H10N2OS.ClH/c1-5-4-6(10)9-2-3-11-7(9)8-5;/h5H,2-4H2,1H3;1H. The Morgan fingerprint density at radius 2 is 2.42 bits per heavy atom. The summed E-state index contributed by atoms with van der Waals surface area (Å²) in [6.07, 6.45) is 0.587. The zero-order valence-corrected chi connectivity index (χ0v) is 8.45. The molecule has 1 saturated heterocycles. The van der Waals surface area contributed by atoms with Crippen molar-refractivity contribution in [3.05, 3.63) is 0 Å². The minimum Gasteiger partial charge on any atom is -0.291 e. The summed E-state index contributed by atoms with van der Waals surface area (Å²) in [5, 5.41) is 0.939. The van der Waals surface area contributed by atoms with Crippen LogP contribution in [0.4, 0.5) is 0 Å². The van der Waals surface area contributed by atoms with Crippen LogP contribution in [0.2, 0.25) is 0 Å². The fourth-order valence-electron chi connectivity index (χ4n) is 1.34. The van der Waals surface area contributed by atoms with Gasteiger partial charge < -0.3 is 0 Å². The first kappa shape index (κ1) is 9.86. The maximum Gasteiger partial charge on any atom is 0.230 e. The number of hydrogen-bond acceptors (Lipinski definition) is 3. The van der Waals surface area contributed by atoms with Gasteiger partial charge in [0.25, 0.3) is 0 Å². The van der Waals surface area contributed by atoms with E-state index in [2.05, 4.69) is 4.99 Å². The summed E-state index contributed by atoms with van der Waals surface area (Å²) in [5.74, 6) is 1.25. The Balaban J connectivity index is 0.000000720. The van der Waals surface area contributed by atoms with Crippen molar-refractivity contribution in [2.24, 2.45) is 4.99 Å². The molecule has 2 aliphatic heterocycles. The summed E-state index contributed by atoms with van der Waals surface area (Å²) in [6.45, 7) is 2.84. The molecule has 1 atom stereocenters. The summed E-state index contributed by atoms with van der Waals surface area (Å²) < 4.78 is 0. The molecule has 0 aromatic rings. The minimum atomic E-state index is 0. The number of amides is 1. The van der Waals surface area contributed by atoms with Crippen LogP contribution in [-0.4, -0.2) is 34.3 Å². The van der Waals surface area contributed by atoms with Crippen molar-refractivity contribution in [2.45, 2.75) is 19.4 Å². The van der Waals surface area contributed by atoms with E-state index < -0.39 is 0 Å². The Morgan fingerprint density at radius 1 is 1.67 bits per heavy atom. The van der Waals surface area contributed by atoms with Crippen LogP contribution in [0.5, 0.6) is 0 Å². The molecule has 0 aliphatic carbocycles. The molecular weight excluding hydrogens is 196 g/mol. The first-order chi connectivity index (χ1) is 5.27. The van der Waals surface area contributed by atoms with E-state index in [1.807, 2.05) is 6.92 Å². The van der Waals surface area contributed by atoms with Gasteiger partial charge in [-0.05, 0) is 6.92 Å². The molecule has 5 heteroatoms. The van der Waals surface area contributed by atoms with Gasteiger partial charge in [0.05, 0.1) is 6.04 Å². The van der Waals surface area contributed by atoms with E-state index in [9.17, 15) is 4.79 Å². The van der Waals surface area contributed by atoms with Crippen LogP contribution in [0.25, 0.3) is 0 Å². The van der Waals surface area contributed by atoms with Crippen LogP contribution in [0.3, 0.4) is 0 Å². The van der Waals surface area contributed by atoms with Crippen molar-refractivity contribution in [3.63, 3.8) is 0 Å². The minimum absolute atomic E-state index is 0. The van der Waals surface area contributed by atoms with Crippen molar-refractivity contribution < 1.29 is 4.79 Å². The number of thioether (sulfide) groups is 1. The largest absolute Gasteiger partial charge is 0.291 e. The molecule has 0 radical (unpaired) electrons. The maximum absolute atomic E-state index is 11.3. The summed E-state index contributed by atoms with van der Waals surface area (Å²) in [4.78, 5) is 17.5. The van der Waals surface area contributed by atoms with Gasteiger partial charge in [-0.2, -0.15) is 0 Å². The first-order valence-electron chi connectivity index (χ1n) is 3.78. The van der Waals surface area contributed by atoms with E-state index in [-0.39, 0.29) is 24.4 Å². The number of hydrogen-bond donors (Lipinski definition) is 0. The Morgan fingerprint density at radius 3 is 3.17 bits per heavy atom. The van der Waals surface area contributed by atoms with Gasteiger partial charge in [-0.3, -0.25) is 14.7 Å². The third-order valence-corrected chi connectivity index (χ3v) is 2.85. The van der Waals surface area contributed by atoms with Crippen LogP contribution in [0.15, 0.2) is 4.99 Å². The lowest BCUT2D eigenvalue weighted by molar-refractivity contribution is -0.127.